The number of oxazole rings is 1. The quantitative estimate of drug-likeness (QED) is 0.325. The lowest BCUT2D eigenvalue weighted by molar-refractivity contribution is -0.131. The molecule has 1 aromatic heterocycles. The molecule has 0 aliphatic heterocycles. The van der Waals surface area contributed by atoms with Crippen molar-refractivity contribution in [2.45, 2.75) is 52.6 Å². The number of rotatable bonds is 10. The number of hydrogen-bond acceptors (Lipinski definition) is 5. The molecule has 0 aliphatic rings. The maximum absolute atomic E-state index is 12.2. The monoisotopic (exact) mass is 485 g/mol. The second-order valence-corrected chi connectivity index (χ2v) is 8.80. The Kier molecular flexibility index (Phi) is 7.55. The summed E-state index contributed by atoms with van der Waals surface area (Å²) in [7, 11) is 0. The average Bonchev–Trinajstić information content (AvgIpc) is 3.10. The van der Waals surface area contributed by atoms with Gasteiger partial charge in [-0.15, -0.1) is 0 Å². The molecule has 1 heterocycles. The van der Waals surface area contributed by atoms with Gasteiger partial charge in [0.1, 0.15) is 17.3 Å². The molecule has 3 rings (SSSR count). The molecule has 0 fully saturated rings. The molecule has 0 bridgehead atoms. The van der Waals surface area contributed by atoms with Gasteiger partial charge in [0.2, 0.25) is 5.89 Å². The summed E-state index contributed by atoms with van der Waals surface area (Å²) in [6.07, 6.45) is 1.97. The van der Waals surface area contributed by atoms with E-state index in [0.29, 0.717) is 31.1 Å². The summed E-state index contributed by atoms with van der Waals surface area (Å²) >= 11 is 3.43. The van der Waals surface area contributed by atoms with Gasteiger partial charge in [-0.05, 0) is 75.7 Å². The second kappa shape index (κ2) is 10.1. The van der Waals surface area contributed by atoms with Crippen LogP contribution in [0, 0.1) is 6.92 Å². The molecule has 0 atom stereocenters. The van der Waals surface area contributed by atoms with Gasteiger partial charge in [0.25, 0.3) is 0 Å². The number of benzene rings is 2. The molecular formula is C25H28BrNO4. The zero-order chi connectivity index (χ0) is 22.4. The first-order chi connectivity index (χ1) is 14.8. The van der Waals surface area contributed by atoms with Crippen LogP contribution in [0.25, 0.3) is 11.5 Å². The topological polar surface area (TPSA) is 61.6 Å². The summed E-state index contributed by atoms with van der Waals surface area (Å²) < 4.78 is 18.6. The van der Waals surface area contributed by atoms with Gasteiger partial charge in [-0.25, -0.2) is 4.98 Å². The van der Waals surface area contributed by atoms with Crippen LogP contribution in [-0.4, -0.2) is 23.0 Å². The highest BCUT2D eigenvalue weighted by Crippen LogP contribution is 2.25. The van der Waals surface area contributed by atoms with Crippen LogP contribution in [0.5, 0.6) is 11.5 Å². The highest BCUT2D eigenvalue weighted by Gasteiger charge is 2.28. The molecule has 0 unspecified atom stereocenters. The predicted octanol–water partition coefficient (Wildman–Crippen LogP) is 6.56. The molecule has 0 N–H and O–H groups in total. The predicted molar refractivity (Wildman–Crippen MR) is 125 cm³/mol. The first-order valence-electron chi connectivity index (χ1n) is 10.5. The molecule has 0 saturated heterocycles. The van der Waals surface area contributed by atoms with E-state index in [0.717, 1.165) is 33.7 Å². The Morgan fingerprint density at radius 2 is 1.71 bits per heavy atom. The molecule has 164 valence electrons. The number of carbonyl (C=O) groups is 1. The summed E-state index contributed by atoms with van der Waals surface area (Å²) in [5.41, 5.74) is 0.985. The summed E-state index contributed by atoms with van der Waals surface area (Å²) in [4.78, 5) is 16.8. The maximum Gasteiger partial charge on any atom is 0.226 e. The van der Waals surface area contributed by atoms with Crippen molar-refractivity contribution in [2.24, 2.45) is 0 Å². The number of nitrogens with zero attached hydrogens (tertiary/aromatic N) is 1. The normalized spacial score (nSPS) is 11.4. The molecule has 0 amide bonds. The van der Waals surface area contributed by atoms with Crippen molar-refractivity contribution in [3.63, 3.8) is 0 Å². The highest BCUT2D eigenvalue weighted by atomic mass is 79.9. The van der Waals surface area contributed by atoms with Crippen LogP contribution in [-0.2, 0) is 11.2 Å². The number of hydrogen-bond donors (Lipinski definition) is 0. The molecule has 3 aromatic rings. The fraction of sp³-hybridized carbons (Fsp3) is 0.360. The molecule has 6 heteroatoms. The van der Waals surface area contributed by atoms with Gasteiger partial charge >= 0.3 is 0 Å². The minimum Gasteiger partial charge on any atom is -0.493 e. The minimum atomic E-state index is -0.838. The number of carbonyl (C=O) groups excluding carboxylic acids is 1. The van der Waals surface area contributed by atoms with Crippen LogP contribution in [0.4, 0.5) is 0 Å². The zero-order valence-corrected chi connectivity index (χ0v) is 20.0. The summed E-state index contributed by atoms with van der Waals surface area (Å²) in [6.45, 7) is 7.99. The molecule has 2 aromatic carbocycles. The smallest absolute Gasteiger partial charge is 0.226 e. The van der Waals surface area contributed by atoms with Crippen LogP contribution in [0.1, 0.15) is 45.1 Å². The fourth-order valence-electron chi connectivity index (χ4n) is 3.13. The van der Waals surface area contributed by atoms with Crippen LogP contribution < -0.4 is 9.47 Å². The number of ketones is 1. The maximum atomic E-state index is 12.2. The largest absolute Gasteiger partial charge is 0.493 e. The van der Waals surface area contributed by atoms with Crippen LogP contribution in [0.2, 0.25) is 0 Å². The number of Topliss-reactive ketones (excluding diaryl/α,β-unsaturated/α-hetero) is 1. The lowest BCUT2D eigenvalue weighted by Gasteiger charge is -2.25. The Balaban J connectivity index is 1.54. The third-order valence-corrected chi connectivity index (χ3v) is 5.47. The van der Waals surface area contributed by atoms with Gasteiger partial charge in [0.15, 0.2) is 11.4 Å². The number of aromatic nitrogens is 1. The molecular weight excluding hydrogens is 458 g/mol. The van der Waals surface area contributed by atoms with Crippen LogP contribution in [0.15, 0.2) is 57.4 Å². The van der Waals surface area contributed by atoms with Crippen molar-refractivity contribution in [2.75, 3.05) is 6.61 Å². The third-order valence-electron chi connectivity index (χ3n) is 4.94. The van der Waals surface area contributed by atoms with E-state index in [9.17, 15) is 4.79 Å². The average molecular weight is 486 g/mol. The number of aryl methyl sites for hydroxylation is 1. The van der Waals surface area contributed by atoms with Crippen molar-refractivity contribution in [3.05, 3.63) is 64.5 Å². The second-order valence-electron chi connectivity index (χ2n) is 7.88. The Hall–Kier alpha value is -2.60. The van der Waals surface area contributed by atoms with E-state index in [4.69, 9.17) is 13.9 Å². The standard InChI is InChI=1S/C25H28BrNO4/c1-5-6-23(28)25(3,4)31-21-13-11-20(12-14-21)29-16-15-22-17(2)30-24(27-22)18-7-9-19(26)10-8-18/h7-14H,5-6,15-16H2,1-4H3. The number of halogens is 1. The van der Waals surface area contributed by atoms with Gasteiger partial charge < -0.3 is 13.9 Å². The molecule has 0 saturated carbocycles. The summed E-state index contributed by atoms with van der Waals surface area (Å²) in [5, 5.41) is 0. The van der Waals surface area contributed by atoms with Gasteiger partial charge in [-0.2, -0.15) is 0 Å². The molecule has 0 radical (unpaired) electrons. The summed E-state index contributed by atoms with van der Waals surface area (Å²) in [6, 6.07) is 15.2. The summed E-state index contributed by atoms with van der Waals surface area (Å²) in [5.74, 6) is 2.89. The van der Waals surface area contributed by atoms with E-state index in [1.54, 1.807) is 13.8 Å². The van der Waals surface area contributed by atoms with E-state index >= 15 is 0 Å². The molecule has 5 nitrogen and oxygen atoms in total. The van der Waals surface area contributed by atoms with E-state index in [1.165, 1.54) is 0 Å². The van der Waals surface area contributed by atoms with Crippen molar-refractivity contribution < 1.29 is 18.7 Å². The van der Waals surface area contributed by atoms with Crippen molar-refractivity contribution in [1.82, 2.24) is 4.98 Å². The van der Waals surface area contributed by atoms with Crippen molar-refractivity contribution in [1.29, 1.82) is 0 Å². The van der Waals surface area contributed by atoms with E-state index in [-0.39, 0.29) is 5.78 Å². The highest BCUT2D eigenvalue weighted by molar-refractivity contribution is 9.10. The Labute approximate surface area is 191 Å². The van der Waals surface area contributed by atoms with E-state index in [1.807, 2.05) is 62.4 Å². The van der Waals surface area contributed by atoms with Crippen molar-refractivity contribution >= 4 is 21.7 Å². The first kappa shape index (κ1) is 23.1. The lowest BCUT2D eigenvalue weighted by atomic mass is 9.99. The number of ether oxygens (including phenoxy) is 2. The Bertz CT molecular complexity index is 1010. The van der Waals surface area contributed by atoms with Crippen LogP contribution >= 0.6 is 15.9 Å². The van der Waals surface area contributed by atoms with Crippen LogP contribution in [0.3, 0.4) is 0 Å². The zero-order valence-electron chi connectivity index (χ0n) is 18.4. The SMILES string of the molecule is CCCC(=O)C(C)(C)Oc1ccc(OCCc2nc(-c3ccc(Br)cc3)oc2C)cc1. The van der Waals surface area contributed by atoms with Gasteiger partial charge in [-0.1, -0.05) is 22.9 Å². The molecule has 0 aliphatic carbocycles. The van der Waals surface area contributed by atoms with Gasteiger partial charge in [0.05, 0.1) is 12.3 Å². The van der Waals surface area contributed by atoms with E-state index < -0.39 is 5.60 Å². The van der Waals surface area contributed by atoms with Crippen molar-refractivity contribution in [3.8, 4) is 23.0 Å². The minimum absolute atomic E-state index is 0.0980. The molecule has 0 spiro atoms. The van der Waals surface area contributed by atoms with Gasteiger partial charge in [-0.3, -0.25) is 4.79 Å². The first-order valence-corrected chi connectivity index (χ1v) is 11.2. The Morgan fingerprint density at radius 3 is 2.35 bits per heavy atom. The Morgan fingerprint density at radius 1 is 1.06 bits per heavy atom. The molecule has 31 heavy (non-hydrogen) atoms. The lowest BCUT2D eigenvalue weighted by Crippen LogP contribution is -2.38. The third kappa shape index (κ3) is 6.20. The van der Waals surface area contributed by atoms with Gasteiger partial charge in [0, 0.05) is 22.9 Å². The fourth-order valence-corrected chi connectivity index (χ4v) is 3.39. The van der Waals surface area contributed by atoms with E-state index in [2.05, 4.69) is 20.9 Å².